The summed E-state index contributed by atoms with van der Waals surface area (Å²) in [5.41, 5.74) is 0.713. The molecule has 2 aliphatic rings. The van der Waals surface area contributed by atoms with Gasteiger partial charge in [0.15, 0.2) is 0 Å². The number of ether oxygens (including phenoxy) is 2. The normalized spacial score (nSPS) is 20.2. The molecule has 1 aromatic carbocycles. The van der Waals surface area contributed by atoms with Crippen LogP contribution in [-0.2, 0) is 14.3 Å². The van der Waals surface area contributed by atoms with E-state index in [1.807, 2.05) is 29.2 Å². The minimum Gasteiger partial charge on any atom is -0.491 e. The summed E-state index contributed by atoms with van der Waals surface area (Å²) in [4.78, 5) is 26.7. The maximum Gasteiger partial charge on any atom is 0.229 e. The van der Waals surface area contributed by atoms with Gasteiger partial charge >= 0.3 is 0 Å². The van der Waals surface area contributed by atoms with Crippen molar-refractivity contribution in [2.45, 2.75) is 25.7 Å². The molecule has 136 valence electrons. The lowest BCUT2D eigenvalue weighted by atomic mass is 9.96. The van der Waals surface area contributed by atoms with Gasteiger partial charge in [0.2, 0.25) is 11.8 Å². The molecule has 2 fully saturated rings. The summed E-state index contributed by atoms with van der Waals surface area (Å²) in [5, 5.41) is 2.96. The van der Waals surface area contributed by atoms with E-state index in [1.54, 1.807) is 7.11 Å². The smallest absolute Gasteiger partial charge is 0.229 e. The minimum absolute atomic E-state index is 0.0256. The molecule has 0 unspecified atom stereocenters. The summed E-state index contributed by atoms with van der Waals surface area (Å²) in [6.07, 6.45) is 3.71. The van der Waals surface area contributed by atoms with Crippen molar-refractivity contribution in [3.8, 4) is 5.75 Å². The van der Waals surface area contributed by atoms with Crippen LogP contribution < -0.4 is 10.1 Å². The number of likely N-dealkylation sites (tertiary alicyclic amines) is 1. The summed E-state index contributed by atoms with van der Waals surface area (Å²) >= 11 is 0. The van der Waals surface area contributed by atoms with E-state index >= 15 is 0 Å². The Hall–Kier alpha value is -2.08. The third kappa shape index (κ3) is 4.95. The third-order valence-corrected chi connectivity index (χ3v) is 4.69. The van der Waals surface area contributed by atoms with Crippen LogP contribution in [0, 0.1) is 11.8 Å². The van der Waals surface area contributed by atoms with E-state index in [2.05, 4.69) is 5.32 Å². The fourth-order valence-corrected chi connectivity index (χ4v) is 3.13. The van der Waals surface area contributed by atoms with Crippen LogP contribution in [0.25, 0.3) is 0 Å². The molecular formula is C19H26N2O4. The number of carbonyl (C=O) groups excluding carboxylic acids is 2. The molecule has 6 heteroatoms. The summed E-state index contributed by atoms with van der Waals surface area (Å²) < 4.78 is 10.5. The summed E-state index contributed by atoms with van der Waals surface area (Å²) in [5.74, 6) is 0.967. The van der Waals surface area contributed by atoms with Crippen molar-refractivity contribution in [2.24, 2.45) is 11.8 Å². The van der Waals surface area contributed by atoms with Crippen molar-refractivity contribution in [1.29, 1.82) is 0 Å². The number of benzene rings is 1. The van der Waals surface area contributed by atoms with Gasteiger partial charge in [-0.25, -0.2) is 0 Å². The average Bonchev–Trinajstić information content (AvgIpc) is 3.47. The number of hydrogen-bond donors (Lipinski definition) is 1. The number of methoxy groups -OCH3 is 1. The zero-order chi connectivity index (χ0) is 17.6. The van der Waals surface area contributed by atoms with Crippen molar-refractivity contribution in [2.75, 3.05) is 38.7 Å². The van der Waals surface area contributed by atoms with Gasteiger partial charge in [-0.3, -0.25) is 9.59 Å². The first-order chi connectivity index (χ1) is 12.2. The van der Waals surface area contributed by atoms with Gasteiger partial charge in [0.25, 0.3) is 0 Å². The maximum absolute atomic E-state index is 12.6. The van der Waals surface area contributed by atoms with Crippen LogP contribution in [0.2, 0.25) is 0 Å². The molecule has 1 aromatic rings. The summed E-state index contributed by atoms with van der Waals surface area (Å²) in [7, 11) is 1.63. The molecule has 1 aliphatic heterocycles. The highest BCUT2D eigenvalue weighted by atomic mass is 16.5. The van der Waals surface area contributed by atoms with Crippen molar-refractivity contribution in [3.05, 3.63) is 24.3 Å². The summed E-state index contributed by atoms with van der Waals surface area (Å²) in [6.45, 7) is 2.30. The van der Waals surface area contributed by atoms with E-state index in [0.717, 1.165) is 32.2 Å². The molecule has 0 radical (unpaired) electrons. The zero-order valence-electron chi connectivity index (χ0n) is 14.7. The van der Waals surface area contributed by atoms with Gasteiger partial charge in [-0.1, -0.05) is 6.07 Å². The Balaban J connectivity index is 1.54. The van der Waals surface area contributed by atoms with Crippen molar-refractivity contribution < 1.29 is 19.1 Å². The Morgan fingerprint density at radius 3 is 2.80 bits per heavy atom. The number of piperidine rings is 1. The number of carbonyl (C=O) groups is 2. The van der Waals surface area contributed by atoms with E-state index in [0.29, 0.717) is 31.2 Å². The van der Waals surface area contributed by atoms with Crippen LogP contribution in [0.15, 0.2) is 24.3 Å². The van der Waals surface area contributed by atoms with Gasteiger partial charge in [0.05, 0.1) is 12.5 Å². The van der Waals surface area contributed by atoms with Crippen LogP contribution in [0.3, 0.4) is 0 Å². The van der Waals surface area contributed by atoms with E-state index < -0.39 is 0 Å². The maximum atomic E-state index is 12.6. The molecule has 3 rings (SSSR count). The van der Waals surface area contributed by atoms with E-state index in [-0.39, 0.29) is 23.7 Å². The molecule has 1 heterocycles. The highest BCUT2D eigenvalue weighted by Crippen LogP contribution is 2.32. The number of hydrogen-bond acceptors (Lipinski definition) is 4. The average molecular weight is 346 g/mol. The van der Waals surface area contributed by atoms with Crippen LogP contribution in [0.4, 0.5) is 5.69 Å². The quantitative estimate of drug-likeness (QED) is 0.769. The van der Waals surface area contributed by atoms with Gasteiger partial charge in [-0.2, -0.15) is 0 Å². The number of nitrogens with zero attached hydrogens (tertiary/aromatic N) is 1. The first-order valence-corrected chi connectivity index (χ1v) is 8.99. The minimum atomic E-state index is -0.144. The molecule has 1 N–H and O–H groups in total. The van der Waals surface area contributed by atoms with Crippen molar-refractivity contribution >= 4 is 17.5 Å². The Labute approximate surface area is 148 Å². The molecule has 1 saturated carbocycles. The molecule has 1 saturated heterocycles. The molecule has 25 heavy (non-hydrogen) atoms. The Morgan fingerprint density at radius 1 is 1.20 bits per heavy atom. The number of amides is 2. The van der Waals surface area contributed by atoms with Gasteiger partial charge in [-0.05, 0) is 37.8 Å². The molecule has 2 amide bonds. The number of nitrogens with one attached hydrogen (secondary N) is 1. The first kappa shape index (κ1) is 17.7. The largest absolute Gasteiger partial charge is 0.491 e. The van der Waals surface area contributed by atoms with Gasteiger partial charge in [0, 0.05) is 37.9 Å². The van der Waals surface area contributed by atoms with Crippen molar-refractivity contribution in [3.63, 3.8) is 0 Å². The second-order valence-electron chi connectivity index (χ2n) is 6.76. The number of rotatable bonds is 7. The molecule has 0 spiro atoms. The third-order valence-electron chi connectivity index (χ3n) is 4.69. The van der Waals surface area contributed by atoms with Crippen molar-refractivity contribution in [1.82, 2.24) is 4.90 Å². The predicted molar refractivity (Wildman–Crippen MR) is 94.5 cm³/mol. The van der Waals surface area contributed by atoms with E-state index in [4.69, 9.17) is 9.47 Å². The zero-order valence-corrected chi connectivity index (χ0v) is 14.7. The Bertz CT molecular complexity index is 615. The first-order valence-electron chi connectivity index (χ1n) is 8.99. The van der Waals surface area contributed by atoms with Crippen LogP contribution in [0.1, 0.15) is 25.7 Å². The van der Waals surface area contributed by atoms with Crippen LogP contribution in [0.5, 0.6) is 5.75 Å². The molecule has 0 bridgehead atoms. The van der Waals surface area contributed by atoms with E-state index in [9.17, 15) is 9.59 Å². The van der Waals surface area contributed by atoms with Gasteiger partial charge in [0.1, 0.15) is 12.4 Å². The Kier molecular flexibility index (Phi) is 5.91. The predicted octanol–water partition coefficient (Wildman–Crippen LogP) is 2.30. The molecule has 6 nitrogen and oxygen atoms in total. The molecule has 0 aromatic heterocycles. The standard InChI is InChI=1S/C19H26N2O4/c1-24-10-11-25-17-6-2-5-16(12-17)20-18(22)15-4-3-9-21(13-15)19(23)14-7-8-14/h2,5-6,12,14-15H,3-4,7-11,13H2,1H3,(H,20,22)/t15-/m1/s1. The summed E-state index contributed by atoms with van der Waals surface area (Å²) in [6, 6.07) is 7.35. The number of anilines is 1. The Morgan fingerprint density at radius 2 is 2.04 bits per heavy atom. The molecular weight excluding hydrogens is 320 g/mol. The second-order valence-corrected chi connectivity index (χ2v) is 6.76. The van der Waals surface area contributed by atoms with Gasteiger partial charge in [-0.15, -0.1) is 0 Å². The highest BCUT2D eigenvalue weighted by Gasteiger charge is 2.36. The van der Waals surface area contributed by atoms with E-state index in [1.165, 1.54) is 0 Å². The molecule has 1 aliphatic carbocycles. The molecule has 1 atom stereocenters. The monoisotopic (exact) mass is 346 g/mol. The second kappa shape index (κ2) is 8.34. The highest BCUT2D eigenvalue weighted by molar-refractivity contribution is 5.93. The topological polar surface area (TPSA) is 67.9 Å². The fourth-order valence-electron chi connectivity index (χ4n) is 3.13. The lowest BCUT2D eigenvalue weighted by molar-refractivity contribution is -0.135. The van der Waals surface area contributed by atoms with Gasteiger partial charge < -0.3 is 19.7 Å². The van der Waals surface area contributed by atoms with Crippen LogP contribution in [-0.4, -0.2) is 50.1 Å². The SMILES string of the molecule is COCCOc1cccc(NC(=O)[C@@H]2CCCN(C(=O)C3CC3)C2)c1. The van der Waals surface area contributed by atoms with Crippen LogP contribution >= 0.6 is 0 Å². The lowest BCUT2D eigenvalue weighted by Gasteiger charge is -2.32. The fraction of sp³-hybridized carbons (Fsp3) is 0.579. The lowest BCUT2D eigenvalue weighted by Crippen LogP contribution is -2.44.